The topological polar surface area (TPSA) is 49.0 Å². The zero-order valence-electron chi connectivity index (χ0n) is 7.60. The average Bonchev–Trinajstić information content (AvgIpc) is 2.06. The lowest BCUT2D eigenvalue weighted by atomic mass is 10.4. The second-order valence-electron chi connectivity index (χ2n) is 2.84. The Morgan fingerprint density at radius 2 is 2.20 bits per heavy atom. The summed E-state index contributed by atoms with van der Waals surface area (Å²) in [5.41, 5.74) is -0.671. The van der Waals surface area contributed by atoms with Crippen LogP contribution in [0.4, 0.5) is 19.0 Å². The van der Waals surface area contributed by atoms with Gasteiger partial charge in [-0.1, -0.05) is 11.6 Å². The highest BCUT2D eigenvalue weighted by atomic mass is 35.5. The first kappa shape index (κ1) is 11.8. The molecule has 0 spiro atoms. The third kappa shape index (κ3) is 3.12. The van der Waals surface area contributed by atoms with Crippen molar-refractivity contribution in [3.05, 3.63) is 21.7 Å². The Bertz CT molecular complexity index is 403. The fourth-order valence-corrected chi connectivity index (χ4v) is 1.23. The highest BCUT2D eigenvalue weighted by Gasteiger charge is 2.30. The molecule has 0 saturated heterocycles. The molecule has 0 aromatic carbocycles. The molecule has 8 heteroatoms. The van der Waals surface area contributed by atoms with Crippen molar-refractivity contribution in [3.8, 4) is 0 Å². The molecule has 15 heavy (non-hydrogen) atoms. The number of rotatable bonds is 2. The van der Waals surface area contributed by atoms with Crippen molar-refractivity contribution in [2.75, 3.05) is 18.5 Å². The van der Waals surface area contributed by atoms with Gasteiger partial charge in [-0.15, -0.1) is 0 Å². The van der Waals surface area contributed by atoms with Gasteiger partial charge in [0.05, 0.1) is 6.33 Å². The molecule has 0 aliphatic heterocycles. The van der Waals surface area contributed by atoms with E-state index in [1.165, 1.54) is 0 Å². The van der Waals surface area contributed by atoms with Crippen molar-refractivity contribution < 1.29 is 13.2 Å². The molecule has 0 bridgehead atoms. The van der Waals surface area contributed by atoms with E-state index in [4.69, 9.17) is 11.6 Å². The van der Waals surface area contributed by atoms with Crippen LogP contribution in [-0.2, 0) is 0 Å². The molecule has 0 amide bonds. The molecule has 0 unspecified atom stereocenters. The summed E-state index contributed by atoms with van der Waals surface area (Å²) in [7, 11) is 1.15. The largest absolute Gasteiger partial charge is 0.405 e. The number of anilines is 1. The number of nitrogens with one attached hydrogen (secondary N) is 1. The van der Waals surface area contributed by atoms with E-state index in [-0.39, 0.29) is 10.8 Å². The number of H-pyrrole nitrogens is 1. The number of aromatic amines is 1. The van der Waals surface area contributed by atoms with Crippen molar-refractivity contribution in [1.29, 1.82) is 0 Å². The van der Waals surface area contributed by atoms with E-state index < -0.39 is 18.3 Å². The summed E-state index contributed by atoms with van der Waals surface area (Å²) in [5, 5.41) is -0.357. The first-order valence-corrected chi connectivity index (χ1v) is 4.20. The quantitative estimate of drug-likeness (QED) is 0.852. The van der Waals surface area contributed by atoms with Gasteiger partial charge in [0, 0.05) is 7.05 Å². The Labute approximate surface area is 87.7 Å². The van der Waals surface area contributed by atoms with E-state index in [0.29, 0.717) is 0 Å². The molecular weight excluding hydrogens is 235 g/mol. The van der Waals surface area contributed by atoms with Crippen molar-refractivity contribution in [3.63, 3.8) is 0 Å². The lowest BCUT2D eigenvalue weighted by Gasteiger charge is -2.19. The third-order valence-electron chi connectivity index (χ3n) is 1.56. The van der Waals surface area contributed by atoms with Crippen LogP contribution >= 0.6 is 11.6 Å². The number of hydrogen-bond acceptors (Lipinski definition) is 3. The summed E-state index contributed by atoms with van der Waals surface area (Å²) in [5.74, 6) is -0.197. The molecule has 4 nitrogen and oxygen atoms in total. The zero-order valence-corrected chi connectivity index (χ0v) is 8.35. The average molecular weight is 242 g/mol. The highest BCUT2D eigenvalue weighted by Crippen LogP contribution is 2.22. The lowest BCUT2D eigenvalue weighted by Crippen LogP contribution is -2.32. The summed E-state index contributed by atoms with van der Waals surface area (Å²) in [4.78, 5) is 17.4. The normalized spacial score (nSPS) is 11.5. The Balaban J connectivity index is 2.97. The van der Waals surface area contributed by atoms with E-state index in [9.17, 15) is 18.0 Å². The van der Waals surface area contributed by atoms with Crippen LogP contribution in [0.5, 0.6) is 0 Å². The molecule has 1 aromatic heterocycles. The second-order valence-corrected chi connectivity index (χ2v) is 3.22. The molecule has 1 aromatic rings. The summed E-state index contributed by atoms with van der Waals surface area (Å²) in [6.07, 6.45) is -3.38. The number of hydrogen-bond donors (Lipinski definition) is 1. The molecule has 1 heterocycles. The van der Waals surface area contributed by atoms with Crippen molar-refractivity contribution >= 4 is 17.4 Å². The van der Waals surface area contributed by atoms with Gasteiger partial charge in [-0.3, -0.25) is 4.79 Å². The molecule has 0 aliphatic carbocycles. The van der Waals surface area contributed by atoms with Gasteiger partial charge in [0.2, 0.25) is 0 Å². The van der Waals surface area contributed by atoms with Gasteiger partial charge < -0.3 is 9.88 Å². The maximum Gasteiger partial charge on any atom is 0.405 e. The highest BCUT2D eigenvalue weighted by molar-refractivity contribution is 6.32. The molecule has 0 aliphatic rings. The first-order valence-electron chi connectivity index (χ1n) is 3.82. The molecule has 0 fully saturated rings. The van der Waals surface area contributed by atoms with E-state index >= 15 is 0 Å². The number of nitrogens with zero attached hydrogens (tertiary/aromatic N) is 2. The number of aromatic nitrogens is 2. The van der Waals surface area contributed by atoms with Crippen LogP contribution in [-0.4, -0.2) is 29.7 Å². The van der Waals surface area contributed by atoms with Crippen LogP contribution in [0.1, 0.15) is 0 Å². The lowest BCUT2D eigenvalue weighted by molar-refractivity contribution is -0.119. The van der Waals surface area contributed by atoms with E-state index in [1.807, 2.05) is 0 Å². The summed E-state index contributed by atoms with van der Waals surface area (Å²) < 4.78 is 36.1. The van der Waals surface area contributed by atoms with Crippen LogP contribution in [0.15, 0.2) is 11.1 Å². The van der Waals surface area contributed by atoms with Crippen LogP contribution < -0.4 is 10.5 Å². The van der Waals surface area contributed by atoms with E-state index in [0.717, 1.165) is 18.3 Å². The minimum atomic E-state index is -4.37. The standard InChI is InChI=1S/C7H7ClF3N3O/c1-14(2-7(9,10)11)5-4(8)6(15)13-3-12-5/h3H,2H2,1H3,(H,12,13,15). The fraction of sp³-hybridized carbons (Fsp3) is 0.429. The van der Waals surface area contributed by atoms with Crippen LogP contribution in [0.25, 0.3) is 0 Å². The maximum absolute atomic E-state index is 12.0. The molecule has 1 N–H and O–H groups in total. The van der Waals surface area contributed by atoms with E-state index in [1.54, 1.807) is 0 Å². The predicted molar refractivity (Wildman–Crippen MR) is 49.2 cm³/mol. The summed E-state index contributed by atoms with van der Waals surface area (Å²) >= 11 is 5.50. The number of alkyl halides is 3. The molecule has 0 saturated carbocycles. The minimum absolute atomic E-state index is 0.197. The SMILES string of the molecule is CN(CC(F)(F)F)c1nc[nH]c(=O)c1Cl. The van der Waals surface area contributed by atoms with Crippen molar-refractivity contribution in [1.82, 2.24) is 9.97 Å². The van der Waals surface area contributed by atoms with Crippen molar-refractivity contribution in [2.45, 2.75) is 6.18 Å². The molecular formula is C7H7ClF3N3O. The zero-order chi connectivity index (χ0) is 11.6. The maximum atomic E-state index is 12.0. The van der Waals surface area contributed by atoms with E-state index in [2.05, 4.69) is 9.97 Å². The Morgan fingerprint density at radius 3 is 2.73 bits per heavy atom. The van der Waals surface area contributed by atoms with Gasteiger partial charge in [-0.05, 0) is 0 Å². The molecule has 1 rings (SSSR count). The van der Waals surface area contributed by atoms with Crippen LogP contribution in [0, 0.1) is 0 Å². The third-order valence-corrected chi connectivity index (χ3v) is 1.90. The minimum Gasteiger partial charge on any atom is -0.349 e. The van der Waals surface area contributed by atoms with Gasteiger partial charge in [0.15, 0.2) is 5.82 Å². The monoisotopic (exact) mass is 241 g/mol. The van der Waals surface area contributed by atoms with Crippen LogP contribution in [0.3, 0.4) is 0 Å². The number of halogens is 4. The van der Waals surface area contributed by atoms with Gasteiger partial charge >= 0.3 is 6.18 Å². The Kier molecular flexibility index (Phi) is 3.23. The summed E-state index contributed by atoms with van der Waals surface area (Å²) in [6.45, 7) is -1.22. The van der Waals surface area contributed by atoms with Gasteiger partial charge in [0.25, 0.3) is 5.56 Å². The molecule has 84 valence electrons. The van der Waals surface area contributed by atoms with Gasteiger partial charge in [-0.25, -0.2) is 4.98 Å². The Morgan fingerprint density at radius 1 is 1.60 bits per heavy atom. The smallest absolute Gasteiger partial charge is 0.349 e. The summed E-state index contributed by atoms with van der Waals surface area (Å²) in [6, 6.07) is 0. The predicted octanol–water partition coefficient (Wildman–Crippen LogP) is 1.42. The molecule has 0 atom stereocenters. The van der Waals surface area contributed by atoms with Crippen LogP contribution in [0.2, 0.25) is 5.02 Å². The first-order chi connectivity index (χ1) is 6.81. The Hall–Kier alpha value is -1.24. The second kappa shape index (κ2) is 4.09. The van der Waals surface area contributed by atoms with Gasteiger partial charge in [-0.2, -0.15) is 13.2 Å². The molecule has 0 radical (unpaired) electrons. The van der Waals surface area contributed by atoms with Crippen molar-refractivity contribution in [2.24, 2.45) is 0 Å². The fourth-order valence-electron chi connectivity index (χ4n) is 0.984. The van der Waals surface area contributed by atoms with Gasteiger partial charge in [0.1, 0.15) is 11.6 Å².